The van der Waals surface area contributed by atoms with Crippen LogP contribution in [0.15, 0.2) is 18.5 Å². The van der Waals surface area contributed by atoms with Gasteiger partial charge in [-0.25, -0.2) is 0 Å². The second-order valence-corrected chi connectivity index (χ2v) is 2.96. The summed E-state index contributed by atoms with van der Waals surface area (Å²) in [5.74, 6) is -0.0333. The summed E-state index contributed by atoms with van der Waals surface area (Å²) in [6, 6.07) is 1.79. The second-order valence-electron chi connectivity index (χ2n) is 2.96. The SMILES string of the molecule is Cn1ccc(C(=O)NCCCN)c1. The largest absolute Gasteiger partial charge is 0.356 e. The average Bonchev–Trinajstić information content (AvgIpc) is 2.52. The van der Waals surface area contributed by atoms with Crippen LogP contribution in [0.25, 0.3) is 0 Å². The molecule has 3 N–H and O–H groups in total. The van der Waals surface area contributed by atoms with Gasteiger partial charge in [0.15, 0.2) is 0 Å². The zero-order valence-electron chi connectivity index (χ0n) is 7.79. The summed E-state index contributed by atoms with van der Waals surface area (Å²) < 4.78 is 1.85. The monoisotopic (exact) mass is 181 g/mol. The third-order valence-corrected chi connectivity index (χ3v) is 1.76. The van der Waals surface area contributed by atoms with E-state index in [9.17, 15) is 4.79 Å². The van der Waals surface area contributed by atoms with Crippen LogP contribution in [0, 0.1) is 0 Å². The van der Waals surface area contributed by atoms with E-state index in [-0.39, 0.29) is 5.91 Å². The molecule has 1 aromatic rings. The minimum atomic E-state index is -0.0333. The first-order valence-corrected chi connectivity index (χ1v) is 4.34. The van der Waals surface area contributed by atoms with Crippen LogP contribution in [0.3, 0.4) is 0 Å². The molecule has 0 fully saturated rings. The van der Waals surface area contributed by atoms with Crippen molar-refractivity contribution in [1.29, 1.82) is 0 Å². The van der Waals surface area contributed by atoms with Gasteiger partial charge in [-0.3, -0.25) is 4.79 Å². The van der Waals surface area contributed by atoms with Gasteiger partial charge in [0, 0.05) is 26.0 Å². The van der Waals surface area contributed by atoms with E-state index < -0.39 is 0 Å². The molecular formula is C9H15N3O. The van der Waals surface area contributed by atoms with Crippen molar-refractivity contribution in [3.05, 3.63) is 24.0 Å². The molecule has 0 aliphatic heterocycles. The lowest BCUT2D eigenvalue weighted by molar-refractivity contribution is 0.0953. The lowest BCUT2D eigenvalue weighted by Crippen LogP contribution is -2.25. The van der Waals surface area contributed by atoms with Gasteiger partial charge in [-0.1, -0.05) is 0 Å². The molecule has 1 aromatic heterocycles. The third-order valence-electron chi connectivity index (χ3n) is 1.76. The van der Waals surface area contributed by atoms with Crippen molar-refractivity contribution in [3.63, 3.8) is 0 Å². The Morgan fingerprint density at radius 1 is 1.69 bits per heavy atom. The number of hydrogen-bond acceptors (Lipinski definition) is 2. The van der Waals surface area contributed by atoms with Crippen LogP contribution in [-0.4, -0.2) is 23.6 Å². The van der Waals surface area contributed by atoms with E-state index >= 15 is 0 Å². The average molecular weight is 181 g/mol. The summed E-state index contributed by atoms with van der Waals surface area (Å²) in [5, 5.41) is 2.78. The summed E-state index contributed by atoms with van der Waals surface area (Å²) in [4.78, 5) is 11.4. The minimum absolute atomic E-state index is 0.0333. The van der Waals surface area contributed by atoms with Gasteiger partial charge < -0.3 is 15.6 Å². The number of amides is 1. The molecule has 0 aromatic carbocycles. The molecule has 0 spiro atoms. The smallest absolute Gasteiger partial charge is 0.252 e. The van der Waals surface area contributed by atoms with Gasteiger partial charge in [0.2, 0.25) is 0 Å². The van der Waals surface area contributed by atoms with Crippen LogP contribution in [-0.2, 0) is 7.05 Å². The summed E-state index contributed by atoms with van der Waals surface area (Å²) in [7, 11) is 1.89. The lowest BCUT2D eigenvalue weighted by Gasteiger charge is -2.01. The standard InChI is InChI=1S/C9H15N3O/c1-12-6-3-8(7-12)9(13)11-5-2-4-10/h3,6-7H,2,4-5,10H2,1H3,(H,11,13). The van der Waals surface area contributed by atoms with Crippen LogP contribution in [0.1, 0.15) is 16.8 Å². The molecule has 0 unspecified atom stereocenters. The molecule has 0 saturated carbocycles. The van der Waals surface area contributed by atoms with Gasteiger partial charge in [0.1, 0.15) is 0 Å². The quantitative estimate of drug-likeness (QED) is 0.647. The van der Waals surface area contributed by atoms with E-state index in [1.807, 2.05) is 17.8 Å². The Kier molecular flexibility index (Phi) is 3.52. The van der Waals surface area contributed by atoms with E-state index in [1.165, 1.54) is 0 Å². The number of aromatic nitrogens is 1. The van der Waals surface area contributed by atoms with Crippen molar-refractivity contribution in [2.75, 3.05) is 13.1 Å². The Balaban J connectivity index is 2.40. The highest BCUT2D eigenvalue weighted by atomic mass is 16.1. The fourth-order valence-corrected chi connectivity index (χ4v) is 1.04. The summed E-state index contributed by atoms with van der Waals surface area (Å²) >= 11 is 0. The van der Waals surface area contributed by atoms with E-state index in [4.69, 9.17) is 5.73 Å². The van der Waals surface area contributed by atoms with Gasteiger partial charge in [-0.15, -0.1) is 0 Å². The highest BCUT2D eigenvalue weighted by Gasteiger charge is 2.04. The summed E-state index contributed by atoms with van der Waals surface area (Å²) in [6.45, 7) is 1.25. The predicted molar refractivity (Wildman–Crippen MR) is 51.4 cm³/mol. The number of carbonyl (C=O) groups excluding carboxylic acids is 1. The molecule has 0 aliphatic carbocycles. The molecule has 0 aliphatic rings. The maximum absolute atomic E-state index is 11.4. The van der Waals surface area contributed by atoms with Gasteiger partial charge >= 0.3 is 0 Å². The molecule has 0 saturated heterocycles. The molecule has 4 heteroatoms. The Hall–Kier alpha value is -1.29. The first-order valence-electron chi connectivity index (χ1n) is 4.34. The van der Waals surface area contributed by atoms with Crippen molar-refractivity contribution in [1.82, 2.24) is 9.88 Å². The van der Waals surface area contributed by atoms with Gasteiger partial charge in [-0.2, -0.15) is 0 Å². The Morgan fingerprint density at radius 3 is 3.00 bits per heavy atom. The second kappa shape index (κ2) is 4.67. The zero-order valence-corrected chi connectivity index (χ0v) is 7.79. The number of hydrogen-bond donors (Lipinski definition) is 2. The van der Waals surface area contributed by atoms with Crippen LogP contribution in [0.5, 0.6) is 0 Å². The van der Waals surface area contributed by atoms with Crippen LogP contribution in [0.2, 0.25) is 0 Å². The van der Waals surface area contributed by atoms with Crippen LogP contribution < -0.4 is 11.1 Å². The summed E-state index contributed by atoms with van der Waals surface area (Å²) in [6.07, 6.45) is 4.45. The molecule has 72 valence electrons. The van der Waals surface area contributed by atoms with Gasteiger partial charge in [0.05, 0.1) is 5.56 Å². The van der Waals surface area contributed by atoms with E-state index in [1.54, 1.807) is 12.3 Å². The van der Waals surface area contributed by atoms with Crippen molar-refractivity contribution in [2.45, 2.75) is 6.42 Å². The number of nitrogens with one attached hydrogen (secondary N) is 1. The molecule has 13 heavy (non-hydrogen) atoms. The topological polar surface area (TPSA) is 60.0 Å². The number of carbonyl (C=O) groups is 1. The van der Waals surface area contributed by atoms with E-state index in [0.29, 0.717) is 18.7 Å². The first-order chi connectivity index (χ1) is 6.24. The van der Waals surface area contributed by atoms with Gasteiger partial charge in [0.25, 0.3) is 5.91 Å². The first kappa shape index (κ1) is 9.80. The fraction of sp³-hybridized carbons (Fsp3) is 0.444. The van der Waals surface area contributed by atoms with Crippen molar-refractivity contribution >= 4 is 5.91 Å². The predicted octanol–water partition coefficient (Wildman–Crippen LogP) is 0.104. The van der Waals surface area contributed by atoms with Gasteiger partial charge in [-0.05, 0) is 19.0 Å². The molecule has 4 nitrogen and oxygen atoms in total. The Bertz CT molecular complexity index is 280. The molecular weight excluding hydrogens is 166 g/mol. The molecule has 0 radical (unpaired) electrons. The maximum Gasteiger partial charge on any atom is 0.252 e. The number of nitrogens with two attached hydrogens (primary N) is 1. The summed E-state index contributed by atoms with van der Waals surface area (Å²) in [5.41, 5.74) is 6.00. The number of aryl methyl sites for hydroxylation is 1. The molecule has 1 rings (SSSR count). The van der Waals surface area contributed by atoms with E-state index in [2.05, 4.69) is 5.32 Å². The van der Waals surface area contributed by atoms with Crippen LogP contribution >= 0.6 is 0 Å². The normalized spacial score (nSPS) is 10.0. The van der Waals surface area contributed by atoms with E-state index in [0.717, 1.165) is 6.42 Å². The minimum Gasteiger partial charge on any atom is -0.356 e. The highest BCUT2D eigenvalue weighted by molar-refractivity contribution is 5.93. The number of nitrogens with zero attached hydrogens (tertiary/aromatic N) is 1. The number of rotatable bonds is 4. The fourth-order valence-electron chi connectivity index (χ4n) is 1.04. The third kappa shape index (κ3) is 2.91. The molecule has 1 amide bonds. The lowest BCUT2D eigenvalue weighted by atomic mass is 10.3. The molecule has 0 bridgehead atoms. The van der Waals surface area contributed by atoms with Crippen molar-refractivity contribution in [3.8, 4) is 0 Å². The van der Waals surface area contributed by atoms with Crippen LogP contribution in [0.4, 0.5) is 0 Å². The zero-order chi connectivity index (χ0) is 9.68. The Labute approximate surface area is 77.7 Å². The van der Waals surface area contributed by atoms with Crippen molar-refractivity contribution < 1.29 is 4.79 Å². The Morgan fingerprint density at radius 2 is 2.46 bits per heavy atom. The molecule has 1 heterocycles. The molecule has 0 atom stereocenters. The maximum atomic E-state index is 11.4. The highest BCUT2D eigenvalue weighted by Crippen LogP contribution is 1.98. The van der Waals surface area contributed by atoms with Crippen molar-refractivity contribution in [2.24, 2.45) is 12.8 Å².